The molecule has 29 heavy (non-hydrogen) atoms. The van der Waals surface area contributed by atoms with Gasteiger partial charge in [-0.25, -0.2) is 13.8 Å². The smallest absolute Gasteiger partial charge is 0.278 e. The third kappa shape index (κ3) is 5.50. The maximum atomic E-state index is 12.6. The number of para-hydroxylation sites is 1. The van der Waals surface area contributed by atoms with Crippen molar-refractivity contribution in [3.63, 3.8) is 0 Å². The van der Waals surface area contributed by atoms with E-state index in [-0.39, 0.29) is 21.2 Å². The van der Waals surface area contributed by atoms with Crippen LogP contribution in [0.25, 0.3) is 0 Å². The average molecular weight is 441 g/mol. The van der Waals surface area contributed by atoms with Gasteiger partial charge >= 0.3 is 0 Å². The van der Waals surface area contributed by atoms with E-state index in [1.165, 1.54) is 50.6 Å². The standard InChI is InChI=1S/C17H17ClN4O6S/c1-21(29(26,27)13-7-8-16(28-2)14(18)9-13)11-17(23)20-19-10-12-5-3-4-6-15(12)22(24)25/h3-10H,11H2,1-2H3,(H,20,23)/b19-10-. The lowest BCUT2D eigenvalue weighted by Gasteiger charge is -2.16. The Bertz CT molecular complexity index is 1060. The van der Waals surface area contributed by atoms with Crippen molar-refractivity contribution in [2.45, 2.75) is 4.90 Å². The monoisotopic (exact) mass is 440 g/mol. The number of nitrogens with one attached hydrogen (secondary N) is 1. The predicted molar refractivity (Wildman–Crippen MR) is 107 cm³/mol. The van der Waals surface area contributed by atoms with Crippen LogP contribution in [0.5, 0.6) is 5.75 Å². The first-order valence-electron chi connectivity index (χ1n) is 8.02. The molecule has 0 heterocycles. The Balaban J connectivity index is 2.05. The molecule has 0 bridgehead atoms. The molecule has 0 atom stereocenters. The summed E-state index contributed by atoms with van der Waals surface area (Å²) in [6, 6.07) is 9.76. The first-order valence-corrected chi connectivity index (χ1v) is 9.84. The zero-order valence-electron chi connectivity index (χ0n) is 15.4. The van der Waals surface area contributed by atoms with E-state index in [4.69, 9.17) is 16.3 Å². The van der Waals surface area contributed by atoms with Crippen LogP contribution in [0.15, 0.2) is 52.5 Å². The fraction of sp³-hybridized carbons (Fsp3) is 0.176. The highest BCUT2D eigenvalue weighted by molar-refractivity contribution is 7.89. The van der Waals surface area contributed by atoms with Crippen molar-refractivity contribution < 1.29 is 22.9 Å². The number of sulfonamides is 1. The van der Waals surface area contributed by atoms with Gasteiger partial charge in [-0.1, -0.05) is 23.7 Å². The van der Waals surface area contributed by atoms with Crippen molar-refractivity contribution >= 4 is 39.4 Å². The highest BCUT2D eigenvalue weighted by Gasteiger charge is 2.24. The van der Waals surface area contributed by atoms with Gasteiger partial charge in [-0.05, 0) is 24.3 Å². The lowest BCUT2D eigenvalue weighted by molar-refractivity contribution is -0.385. The quantitative estimate of drug-likeness (QED) is 0.379. The number of halogens is 1. The molecule has 12 heteroatoms. The molecule has 0 radical (unpaired) electrons. The van der Waals surface area contributed by atoms with E-state index >= 15 is 0 Å². The maximum absolute atomic E-state index is 12.6. The van der Waals surface area contributed by atoms with Gasteiger partial charge in [0.05, 0.1) is 40.3 Å². The molecular weight excluding hydrogens is 424 g/mol. The molecular formula is C17H17ClN4O6S. The number of rotatable bonds is 8. The molecule has 0 unspecified atom stereocenters. The summed E-state index contributed by atoms with van der Waals surface area (Å²) in [5, 5.41) is 14.7. The van der Waals surface area contributed by atoms with E-state index in [0.717, 1.165) is 10.5 Å². The van der Waals surface area contributed by atoms with Crippen molar-refractivity contribution in [2.24, 2.45) is 5.10 Å². The van der Waals surface area contributed by atoms with Crippen LogP contribution in [0.2, 0.25) is 5.02 Å². The first kappa shape index (κ1) is 22.3. The van der Waals surface area contributed by atoms with Gasteiger partial charge in [0.2, 0.25) is 10.0 Å². The van der Waals surface area contributed by atoms with E-state index in [2.05, 4.69) is 10.5 Å². The number of hydrogen-bond donors (Lipinski definition) is 1. The number of carbonyl (C=O) groups excluding carboxylic acids is 1. The van der Waals surface area contributed by atoms with Gasteiger partial charge < -0.3 is 4.74 Å². The molecule has 0 fully saturated rings. The minimum absolute atomic E-state index is 0.109. The van der Waals surface area contributed by atoms with Gasteiger partial charge in [-0.3, -0.25) is 14.9 Å². The summed E-state index contributed by atoms with van der Waals surface area (Å²) < 4.78 is 30.9. The Hall–Kier alpha value is -3.02. The number of benzene rings is 2. The number of hydrazone groups is 1. The summed E-state index contributed by atoms with van der Waals surface area (Å²) in [5.41, 5.74) is 2.14. The van der Waals surface area contributed by atoms with Gasteiger partial charge in [0.25, 0.3) is 11.6 Å². The Kier molecular flexibility index (Phi) is 7.26. The molecule has 0 spiro atoms. The third-order valence-corrected chi connectivity index (χ3v) is 5.82. The van der Waals surface area contributed by atoms with Crippen LogP contribution in [-0.2, 0) is 14.8 Å². The number of carbonyl (C=O) groups is 1. The molecule has 0 aliphatic rings. The molecule has 10 nitrogen and oxygen atoms in total. The molecule has 154 valence electrons. The number of amides is 1. The van der Waals surface area contributed by atoms with Crippen LogP contribution in [0, 0.1) is 10.1 Å². The van der Waals surface area contributed by atoms with E-state index < -0.39 is 27.4 Å². The summed E-state index contributed by atoms with van der Waals surface area (Å²) in [5.74, 6) is -0.416. The lowest BCUT2D eigenvalue weighted by atomic mass is 10.2. The molecule has 1 amide bonds. The average Bonchev–Trinajstić information content (AvgIpc) is 2.68. The molecule has 2 aromatic carbocycles. The van der Waals surface area contributed by atoms with E-state index in [1.54, 1.807) is 6.07 Å². The fourth-order valence-corrected chi connectivity index (χ4v) is 3.72. The molecule has 0 aliphatic heterocycles. The van der Waals surface area contributed by atoms with Crippen molar-refractivity contribution in [3.8, 4) is 5.75 Å². The largest absolute Gasteiger partial charge is 0.495 e. The Morgan fingerprint density at radius 1 is 1.34 bits per heavy atom. The molecule has 0 saturated carbocycles. The second-order valence-electron chi connectivity index (χ2n) is 5.67. The van der Waals surface area contributed by atoms with Gasteiger partial charge in [0.1, 0.15) is 5.75 Å². The second-order valence-corrected chi connectivity index (χ2v) is 8.12. The van der Waals surface area contributed by atoms with Gasteiger partial charge in [0.15, 0.2) is 0 Å². The van der Waals surface area contributed by atoms with E-state index in [9.17, 15) is 23.3 Å². The molecule has 2 aromatic rings. The van der Waals surface area contributed by atoms with Crippen molar-refractivity contribution in [1.82, 2.24) is 9.73 Å². The minimum atomic E-state index is -3.99. The van der Waals surface area contributed by atoms with Crippen LogP contribution < -0.4 is 10.2 Å². The highest BCUT2D eigenvalue weighted by Crippen LogP contribution is 2.28. The number of nitro benzene ring substituents is 1. The second kappa shape index (κ2) is 9.45. The van der Waals surface area contributed by atoms with Gasteiger partial charge in [0, 0.05) is 13.1 Å². The number of ether oxygens (including phenoxy) is 1. The van der Waals surface area contributed by atoms with Gasteiger partial charge in [-0.15, -0.1) is 0 Å². The normalized spacial score (nSPS) is 11.6. The number of nitro groups is 1. The number of hydrogen-bond acceptors (Lipinski definition) is 7. The number of methoxy groups -OCH3 is 1. The summed E-state index contributed by atoms with van der Waals surface area (Å²) >= 11 is 5.95. The number of likely N-dealkylation sites (N-methyl/N-ethyl adjacent to an activating group) is 1. The van der Waals surface area contributed by atoms with Crippen LogP contribution in [0.1, 0.15) is 5.56 Å². The maximum Gasteiger partial charge on any atom is 0.278 e. The van der Waals surface area contributed by atoms with Crippen molar-refractivity contribution in [3.05, 3.63) is 63.2 Å². The van der Waals surface area contributed by atoms with Crippen LogP contribution in [0.4, 0.5) is 5.69 Å². The third-order valence-electron chi connectivity index (χ3n) is 3.72. The Morgan fingerprint density at radius 3 is 2.66 bits per heavy atom. The summed E-state index contributed by atoms with van der Waals surface area (Å²) in [7, 11) is -1.37. The van der Waals surface area contributed by atoms with Crippen LogP contribution in [0.3, 0.4) is 0 Å². The van der Waals surface area contributed by atoms with Gasteiger partial charge in [-0.2, -0.15) is 9.41 Å². The topological polar surface area (TPSA) is 131 Å². The Labute approximate surface area is 171 Å². The first-order chi connectivity index (χ1) is 13.7. The van der Waals surface area contributed by atoms with E-state index in [0.29, 0.717) is 5.75 Å². The summed E-state index contributed by atoms with van der Waals surface area (Å²) in [6.45, 7) is -0.528. The molecule has 0 aliphatic carbocycles. The van der Waals surface area contributed by atoms with Crippen LogP contribution in [-0.4, -0.2) is 50.5 Å². The summed E-state index contributed by atoms with van der Waals surface area (Å²) in [4.78, 5) is 22.2. The predicted octanol–water partition coefficient (Wildman–Crippen LogP) is 2.03. The fourth-order valence-electron chi connectivity index (χ4n) is 2.25. The van der Waals surface area contributed by atoms with E-state index in [1.807, 2.05) is 0 Å². The lowest BCUT2D eigenvalue weighted by Crippen LogP contribution is -2.36. The molecule has 0 saturated heterocycles. The molecule has 1 N–H and O–H groups in total. The summed E-state index contributed by atoms with van der Waals surface area (Å²) in [6.07, 6.45) is 1.10. The van der Waals surface area contributed by atoms with Crippen molar-refractivity contribution in [1.29, 1.82) is 0 Å². The zero-order valence-corrected chi connectivity index (χ0v) is 17.0. The molecule has 2 rings (SSSR count). The molecule has 0 aromatic heterocycles. The SMILES string of the molecule is COc1ccc(S(=O)(=O)N(C)CC(=O)N/N=C\c2ccccc2[N+](=O)[O-])cc1Cl. The Morgan fingerprint density at radius 2 is 2.03 bits per heavy atom. The highest BCUT2D eigenvalue weighted by atomic mass is 35.5. The number of nitrogens with zero attached hydrogens (tertiary/aromatic N) is 3. The van der Waals surface area contributed by atoms with Crippen LogP contribution >= 0.6 is 11.6 Å². The minimum Gasteiger partial charge on any atom is -0.495 e. The van der Waals surface area contributed by atoms with Crippen molar-refractivity contribution in [2.75, 3.05) is 20.7 Å². The zero-order chi connectivity index (χ0) is 21.6.